The Kier molecular flexibility index (Phi) is 4.92. The number of amides is 3. The van der Waals surface area contributed by atoms with Gasteiger partial charge in [0.1, 0.15) is 17.9 Å². The third kappa shape index (κ3) is 3.40. The molecule has 0 radical (unpaired) electrons. The summed E-state index contributed by atoms with van der Waals surface area (Å²) in [7, 11) is 0. The topological polar surface area (TPSA) is 58.6 Å². The molecule has 1 saturated heterocycles. The van der Waals surface area contributed by atoms with Gasteiger partial charge in [0.15, 0.2) is 0 Å². The van der Waals surface area contributed by atoms with Crippen LogP contribution in [0.4, 0.5) is 4.79 Å². The molecule has 0 spiro atoms. The summed E-state index contributed by atoms with van der Waals surface area (Å²) < 4.78 is 5.72. The van der Waals surface area contributed by atoms with Gasteiger partial charge >= 0.3 is 6.03 Å². The van der Waals surface area contributed by atoms with Crippen LogP contribution in [0.15, 0.2) is 42.5 Å². The minimum Gasteiger partial charge on any atom is -0.492 e. The fourth-order valence-electron chi connectivity index (χ4n) is 3.22. The molecule has 1 aliphatic heterocycles. The first-order valence-corrected chi connectivity index (χ1v) is 8.79. The summed E-state index contributed by atoms with van der Waals surface area (Å²) in [6, 6.07) is 12.5. The van der Waals surface area contributed by atoms with E-state index in [0.29, 0.717) is 10.6 Å². The number of urea groups is 1. The monoisotopic (exact) mass is 372 g/mol. The van der Waals surface area contributed by atoms with Gasteiger partial charge in [0.25, 0.3) is 5.91 Å². The molecule has 1 heterocycles. The number of imide groups is 1. The van der Waals surface area contributed by atoms with Crippen molar-refractivity contribution in [1.82, 2.24) is 10.2 Å². The van der Waals surface area contributed by atoms with Crippen LogP contribution in [-0.2, 0) is 10.3 Å². The van der Waals surface area contributed by atoms with Gasteiger partial charge in [0.05, 0.1) is 6.54 Å². The number of hydrogen-bond acceptors (Lipinski definition) is 3. The second-order valence-electron chi connectivity index (χ2n) is 6.66. The van der Waals surface area contributed by atoms with E-state index in [2.05, 4.69) is 11.4 Å². The minimum atomic E-state index is -1.17. The number of carbonyl (C=O) groups is 2. The Labute approximate surface area is 157 Å². The van der Waals surface area contributed by atoms with Crippen molar-refractivity contribution in [3.05, 3.63) is 64.2 Å². The molecular formula is C20H21ClN2O3. The van der Waals surface area contributed by atoms with Gasteiger partial charge in [0.2, 0.25) is 0 Å². The van der Waals surface area contributed by atoms with E-state index in [1.54, 1.807) is 31.2 Å². The van der Waals surface area contributed by atoms with Gasteiger partial charge in [-0.1, -0.05) is 35.9 Å². The van der Waals surface area contributed by atoms with Crippen molar-refractivity contribution < 1.29 is 14.3 Å². The molecule has 0 bridgehead atoms. The summed E-state index contributed by atoms with van der Waals surface area (Å²) in [6.45, 7) is 6.04. The minimum absolute atomic E-state index is 0.164. The molecule has 0 aromatic heterocycles. The van der Waals surface area contributed by atoms with Crippen LogP contribution in [0.1, 0.15) is 23.6 Å². The van der Waals surface area contributed by atoms with Crippen LogP contribution < -0.4 is 10.1 Å². The highest BCUT2D eigenvalue weighted by Crippen LogP contribution is 2.33. The van der Waals surface area contributed by atoms with Crippen molar-refractivity contribution in [3.63, 3.8) is 0 Å². The second kappa shape index (κ2) is 7.00. The van der Waals surface area contributed by atoms with Crippen LogP contribution in [0.3, 0.4) is 0 Å². The quantitative estimate of drug-likeness (QED) is 0.812. The average Bonchev–Trinajstić information content (AvgIpc) is 2.78. The highest BCUT2D eigenvalue weighted by molar-refractivity contribution is 6.32. The Bertz CT molecular complexity index is 848. The van der Waals surface area contributed by atoms with Gasteiger partial charge in [-0.2, -0.15) is 0 Å². The molecular weight excluding hydrogens is 352 g/mol. The maximum atomic E-state index is 12.9. The van der Waals surface area contributed by atoms with Gasteiger partial charge in [-0.05, 0) is 50.1 Å². The zero-order valence-corrected chi connectivity index (χ0v) is 15.8. The van der Waals surface area contributed by atoms with Gasteiger partial charge in [0, 0.05) is 10.6 Å². The van der Waals surface area contributed by atoms with Crippen molar-refractivity contribution in [3.8, 4) is 5.75 Å². The molecule has 1 atom stereocenters. The standard InChI is InChI=1S/C20H21ClN2O3/c1-13-10-14(2)12-15(11-13)26-9-8-23-18(24)20(3,22-19(23)25)16-6-4-5-7-17(16)21/h4-7,10-12H,8-9H2,1-3H3,(H,22,25)/t20-/m0/s1. The summed E-state index contributed by atoms with van der Waals surface area (Å²) in [5.74, 6) is 0.392. The summed E-state index contributed by atoms with van der Waals surface area (Å²) in [5.41, 5.74) is 1.61. The number of halogens is 1. The normalized spacial score (nSPS) is 19.6. The maximum absolute atomic E-state index is 12.9. The first-order chi connectivity index (χ1) is 12.3. The van der Waals surface area contributed by atoms with Crippen LogP contribution in [-0.4, -0.2) is 30.0 Å². The van der Waals surface area contributed by atoms with Crippen molar-refractivity contribution in [2.75, 3.05) is 13.2 Å². The fourth-order valence-corrected chi connectivity index (χ4v) is 3.55. The lowest BCUT2D eigenvalue weighted by molar-refractivity contribution is -0.131. The molecule has 136 valence electrons. The van der Waals surface area contributed by atoms with Crippen molar-refractivity contribution >= 4 is 23.5 Å². The first kappa shape index (κ1) is 18.3. The molecule has 5 nitrogen and oxygen atoms in total. The van der Waals surface area contributed by atoms with E-state index in [9.17, 15) is 9.59 Å². The lowest BCUT2D eigenvalue weighted by atomic mass is 9.92. The van der Waals surface area contributed by atoms with Gasteiger partial charge in [-0.15, -0.1) is 0 Å². The number of aryl methyl sites for hydroxylation is 2. The second-order valence-corrected chi connectivity index (χ2v) is 7.07. The molecule has 0 unspecified atom stereocenters. The molecule has 1 N–H and O–H groups in total. The van der Waals surface area contributed by atoms with E-state index in [1.807, 2.05) is 26.0 Å². The SMILES string of the molecule is Cc1cc(C)cc(OCCN2C(=O)N[C@@](C)(c3ccccc3Cl)C2=O)c1. The smallest absolute Gasteiger partial charge is 0.325 e. The summed E-state index contributed by atoms with van der Waals surface area (Å²) in [6.07, 6.45) is 0. The Morgan fingerprint density at radius 1 is 1.12 bits per heavy atom. The van der Waals surface area contributed by atoms with E-state index in [1.165, 1.54) is 4.90 Å². The third-order valence-corrected chi connectivity index (χ3v) is 4.80. The van der Waals surface area contributed by atoms with Crippen molar-refractivity contribution in [1.29, 1.82) is 0 Å². The predicted octanol–water partition coefficient (Wildman–Crippen LogP) is 3.80. The lowest BCUT2D eigenvalue weighted by Gasteiger charge is -2.23. The zero-order valence-electron chi connectivity index (χ0n) is 15.0. The Morgan fingerprint density at radius 2 is 1.77 bits per heavy atom. The average molecular weight is 373 g/mol. The molecule has 6 heteroatoms. The molecule has 2 aromatic rings. The number of rotatable bonds is 5. The Morgan fingerprint density at radius 3 is 2.42 bits per heavy atom. The number of ether oxygens (including phenoxy) is 1. The summed E-state index contributed by atoms with van der Waals surface area (Å²) in [5, 5.41) is 3.19. The summed E-state index contributed by atoms with van der Waals surface area (Å²) >= 11 is 6.22. The molecule has 1 fully saturated rings. The van der Waals surface area contributed by atoms with E-state index < -0.39 is 11.6 Å². The van der Waals surface area contributed by atoms with Crippen LogP contribution in [0, 0.1) is 13.8 Å². The number of benzene rings is 2. The van der Waals surface area contributed by atoms with E-state index in [-0.39, 0.29) is 19.1 Å². The first-order valence-electron chi connectivity index (χ1n) is 8.41. The number of hydrogen-bond donors (Lipinski definition) is 1. The van der Waals surface area contributed by atoms with Crippen LogP contribution in [0.2, 0.25) is 5.02 Å². The maximum Gasteiger partial charge on any atom is 0.325 e. The molecule has 2 aromatic carbocycles. The highest BCUT2D eigenvalue weighted by Gasteiger charge is 2.49. The van der Waals surface area contributed by atoms with Crippen molar-refractivity contribution in [2.24, 2.45) is 0 Å². The number of nitrogens with zero attached hydrogens (tertiary/aromatic N) is 1. The fraction of sp³-hybridized carbons (Fsp3) is 0.300. The van der Waals surface area contributed by atoms with E-state index in [0.717, 1.165) is 16.9 Å². The van der Waals surface area contributed by atoms with Crippen LogP contribution >= 0.6 is 11.6 Å². The number of nitrogens with one attached hydrogen (secondary N) is 1. The largest absolute Gasteiger partial charge is 0.492 e. The van der Waals surface area contributed by atoms with Crippen molar-refractivity contribution in [2.45, 2.75) is 26.3 Å². The van der Waals surface area contributed by atoms with E-state index in [4.69, 9.17) is 16.3 Å². The zero-order chi connectivity index (χ0) is 18.9. The number of carbonyl (C=O) groups excluding carboxylic acids is 2. The summed E-state index contributed by atoms with van der Waals surface area (Å²) in [4.78, 5) is 26.4. The van der Waals surface area contributed by atoms with Gasteiger partial charge in [-0.3, -0.25) is 9.69 Å². The Balaban J connectivity index is 1.70. The lowest BCUT2D eigenvalue weighted by Crippen LogP contribution is -2.41. The van der Waals surface area contributed by atoms with E-state index >= 15 is 0 Å². The van der Waals surface area contributed by atoms with Crippen LogP contribution in [0.5, 0.6) is 5.75 Å². The molecule has 3 amide bonds. The van der Waals surface area contributed by atoms with Gasteiger partial charge in [-0.25, -0.2) is 4.79 Å². The predicted molar refractivity (Wildman–Crippen MR) is 100 cm³/mol. The third-order valence-electron chi connectivity index (χ3n) is 4.47. The Hall–Kier alpha value is -2.53. The molecule has 1 aliphatic rings. The molecule has 0 aliphatic carbocycles. The molecule has 3 rings (SSSR count). The highest BCUT2D eigenvalue weighted by atomic mass is 35.5. The van der Waals surface area contributed by atoms with Gasteiger partial charge < -0.3 is 10.1 Å². The molecule has 26 heavy (non-hydrogen) atoms. The molecule has 0 saturated carbocycles. The van der Waals surface area contributed by atoms with Crippen LogP contribution in [0.25, 0.3) is 0 Å².